The molecule has 2 nitrogen and oxygen atoms in total. The van der Waals surface area contributed by atoms with E-state index in [1.165, 1.54) is 6.07 Å². The van der Waals surface area contributed by atoms with Crippen molar-refractivity contribution in [1.29, 1.82) is 0 Å². The van der Waals surface area contributed by atoms with Gasteiger partial charge in [0.1, 0.15) is 11.6 Å². The van der Waals surface area contributed by atoms with E-state index in [2.05, 4.69) is 0 Å². The van der Waals surface area contributed by atoms with E-state index in [-0.39, 0.29) is 13.5 Å². The van der Waals surface area contributed by atoms with Gasteiger partial charge in [0.15, 0.2) is 0 Å². The third kappa shape index (κ3) is 2.82. The summed E-state index contributed by atoms with van der Waals surface area (Å²) < 4.78 is 19.6. The van der Waals surface area contributed by atoms with Gasteiger partial charge in [0.05, 0.1) is 0 Å². The zero-order valence-corrected chi connectivity index (χ0v) is 13.8. The molecule has 0 aromatic heterocycles. The number of aryl methyl sites for hydroxylation is 1. The average molecular weight is 326 g/mol. The highest BCUT2D eigenvalue weighted by Gasteiger charge is 2.15. The van der Waals surface area contributed by atoms with E-state index in [9.17, 15) is 4.39 Å². The highest BCUT2D eigenvalue weighted by molar-refractivity contribution is 7.99. The lowest BCUT2D eigenvalue weighted by Crippen LogP contribution is -2.02. The molecule has 3 aromatic rings. The minimum atomic E-state index is -0.371. The van der Waals surface area contributed by atoms with Crippen LogP contribution in [-0.2, 0) is 0 Å². The maximum atomic E-state index is 14.2. The Morgan fingerprint density at radius 1 is 1.00 bits per heavy atom. The summed E-state index contributed by atoms with van der Waals surface area (Å²) in [5.74, 6) is 0.432. The SMILES string of the molecule is CSc1c(-c2ccccc2F)ccc2c(OBO)c(C)ccc12. The smallest absolute Gasteiger partial charge is 0.504 e. The summed E-state index contributed by atoms with van der Waals surface area (Å²) in [6.45, 7) is 1.94. The van der Waals surface area contributed by atoms with Crippen LogP contribution in [0.15, 0.2) is 53.4 Å². The Morgan fingerprint density at radius 2 is 1.74 bits per heavy atom. The second kappa shape index (κ2) is 6.65. The topological polar surface area (TPSA) is 29.5 Å². The number of benzene rings is 3. The van der Waals surface area contributed by atoms with Crippen LogP contribution in [0, 0.1) is 12.7 Å². The van der Waals surface area contributed by atoms with Crippen LogP contribution >= 0.6 is 11.8 Å². The maximum absolute atomic E-state index is 14.2. The normalized spacial score (nSPS) is 10.8. The van der Waals surface area contributed by atoms with Crippen LogP contribution in [0.4, 0.5) is 4.39 Å². The molecule has 0 radical (unpaired) electrons. The Kier molecular flexibility index (Phi) is 4.60. The first kappa shape index (κ1) is 15.9. The van der Waals surface area contributed by atoms with Crippen LogP contribution in [0.3, 0.4) is 0 Å². The molecule has 0 aliphatic rings. The summed E-state index contributed by atoms with van der Waals surface area (Å²) in [5.41, 5.74) is 2.41. The summed E-state index contributed by atoms with van der Waals surface area (Å²) in [7, 11) is -0.371. The van der Waals surface area contributed by atoms with Crippen molar-refractivity contribution in [2.24, 2.45) is 0 Å². The standard InChI is InChI=1S/C18H16BFO2S/c1-11-7-8-15-13(17(11)22-19-21)9-10-14(18(15)23-2)12-5-3-4-6-16(12)20/h3-10,19,21H,1-2H3. The molecule has 0 saturated carbocycles. The number of thioether (sulfide) groups is 1. The Bertz CT molecular complexity index is 867. The molecule has 0 aliphatic heterocycles. The van der Waals surface area contributed by atoms with Gasteiger partial charge < -0.3 is 9.68 Å². The molecular formula is C18H16BFO2S. The van der Waals surface area contributed by atoms with Gasteiger partial charge in [0.25, 0.3) is 0 Å². The lowest BCUT2D eigenvalue weighted by molar-refractivity contribution is 0.455. The molecule has 23 heavy (non-hydrogen) atoms. The lowest BCUT2D eigenvalue weighted by Gasteiger charge is -2.16. The maximum Gasteiger partial charge on any atom is 0.504 e. The van der Waals surface area contributed by atoms with Crippen LogP contribution in [-0.4, -0.2) is 19.0 Å². The summed E-state index contributed by atoms with van der Waals surface area (Å²) >= 11 is 1.58. The number of hydrogen-bond acceptors (Lipinski definition) is 3. The number of rotatable bonds is 4. The van der Waals surface area contributed by atoms with Crippen molar-refractivity contribution in [3.63, 3.8) is 0 Å². The molecular weight excluding hydrogens is 310 g/mol. The van der Waals surface area contributed by atoms with Gasteiger partial charge in [-0.25, -0.2) is 4.39 Å². The van der Waals surface area contributed by atoms with Crippen molar-refractivity contribution >= 4 is 30.2 Å². The van der Waals surface area contributed by atoms with Gasteiger partial charge in [-0.15, -0.1) is 11.8 Å². The third-order valence-electron chi connectivity index (χ3n) is 3.88. The number of hydrogen-bond donors (Lipinski definition) is 1. The predicted octanol–water partition coefficient (Wildman–Crippen LogP) is 4.31. The highest BCUT2D eigenvalue weighted by atomic mass is 32.2. The summed E-state index contributed by atoms with van der Waals surface area (Å²) in [5, 5.41) is 11.0. The Hall–Kier alpha value is -1.98. The van der Waals surface area contributed by atoms with Gasteiger partial charge >= 0.3 is 7.69 Å². The monoisotopic (exact) mass is 326 g/mol. The molecule has 0 fully saturated rings. The second-order valence-corrected chi connectivity index (χ2v) is 6.02. The quantitative estimate of drug-likeness (QED) is 0.572. The van der Waals surface area contributed by atoms with E-state index < -0.39 is 0 Å². The first-order chi connectivity index (χ1) is 11.2. The van der Waals surface area contributed by atoms with Crippen molar-refractivity contribution < 1.29 is 14.1 Å². The molecule has 3 rings (SSSR count). The van der Waals surface area contributed by atoms with Gasteiger partial charge in [-0.2, -0.15) is 0 Å². The van der Waals surface area contributed by atoms with Gasteiger partial charge in [-0.1, -0.05) is 42.5 Å². The van der Waals surface area contributed by atoms with Crippen molar-refractivity contribution in [2.45, 2.75) is 11.8 Å². The van der Waals surface area contributed by atoms with Crippen LogP contribution in [0.1, 0.15) is 5.56 Å². The van der Waals surface area contributed by atoms with E-state index in [0.717, 1.165) is 26.8 Å². The number of halogens is 1. The first-order valence-electron chi connectivity index (χ1n) is 7.26. The molecule has 3 aromatic carbocycles. The Labute approximate surface area is 139 Å². The van der Waals surface area contributed by atoms with Gasteiger partial charge in [-0.3, -0.25) is 0 Å². The number of fused-ring (bicyclic) bond motifs is 1. The molecule has 5 heteroatoms. The van der Waals surface area contributed by atoms with E-state index in [0.29, 0.717) is 11.3 Å². The van der Waals surface area contributed by atoms with Gasteiger partial charge in [-0.05, 0) is 35.8 Å². The van der Waals surface area contributed by atoms with E-state index in [4.69, 9.17) is 9.68 Å². The second-order valence-electron chi connectivity index (χ2n) is 5.21. The first-order valence-corrected chi connectivity index (χ1v) is 8.48. The van der Waals surface area contributed by atoms with E-state index in [1.54, 1.807) is 23.9 Å². The molecule has 0 unspecified atom stereocenters. The lowest BCUT2D eigenvalue weighted by atomic mass is 9.98. The summed E-state index contributed by atoms with van der Waals surface area (Å²) in [6.07, 6.45) is 1.98. The average Bonchev–Trinajstić information content (AvgIpc) is 2.57. The van der Waals surface area contributed by atoms with Gasteiger partial charge in [0.2, 0.25) is 0 Å². The summed E-state index contributed by atoms with van der Waals surface area (Å²) in [6, 6.07) is 14.6. The molecule has 0 saturated heterocycles. The van der Waals surface area contributed by atoms with Crippen LogP contribution in [0.25, 0.3) is 21.9 Å². The third-order valence-corrected chi connectivity index (χ3v) is 4.72. The van der Waals surface area contributed by atoms with Crippen molar-refractivity contribution in [3.05, 3.63) is 59.9 Å². The Morgan fingerprint density at radius 3 is 2.43 bits per heavy atom. The predicted molar refractivity (Wildman–Crippen MR) is 95.9 cm³/mol. The van der Waals surface area contributed by atoms with Crippen molar-refractivity contribution in [1.82, 2.24) is 0 Å². The highest BCUT2D eigenvalue weighted by Crippen LogP contribution is 2.41. The van der Waals surface area contributed by atoms with Gasteiger partial charge in [0, 0.05) is 15.8 Å². The zero-order valence-electron chi connectivity index (χ0n) is 13.0. The van der Waals surface area contributed by atoms with Crippen LogP contribution < -0.4 is 4.65 Å². The van der Waals surface area contributed by atoms with Crippen LogP contribution in [0.5, 0.6) is 5.75 Å². The molecule has 1 N–H and O–H groups in total. The fourth-order valence-corrected chi connectivity index (χ4v) is 3.62. The fourth-order valence-electron chi connectivity index (χ4n) is 2.83. The zero-order chi connectivity index (χ0) is 16.4. The van der Waals surface area contributed by atoms with E-state index in [1.807, 2.05) is 43.5 Å². The molecule has 0 amide bonds. The van der Waals surface area contributed by atoms with Crippen molar-refractivity contribution in [3.8, 4) is 16.9 Å². The fraction of sp³-hybridized carbons (Fsp3) is 0.111. The molecule has 0 aliphatic carbocycles. The molecule has 0 heterocycles. The Balaban J connectivity index is 2.31. The largest absolute Gasteiger partial charge is 0.538 e. The minimum Gasteiger partial charge on any atom is -0.538 e. The van der Waals surface area contributed by atoms with E-state index >= 15 is 0 Å². The molecule has 116 valence electrons. The molecule has 0 atom stereocenters. The summed E-state index contributed by atoms with van der Waals surface area (Å²) in [4.78, 5) is 0.996. The van der Waals surface area contributed by atoms with Crippen molar-refractivity contribution in [2.75, 3.05) is 6.26 Å². The molecule has 0 bridgehead atoms. The van der Waals surface area contributed by atoms with Crippen LogP contribution in [0.2, 0.25) is 0 Å². The minimum absolute atomic E-state index is 0.235. The molecule has 0 spiro atoms.